The SMILES string of the molecule is CC(=O)N1CCC(C(=O)N2CCC[C@@H](Cn3c(-c4cc(C)c(=O)n(C)c4)nc4ccccc43)C2)CC1. The van der Waals surface area contributed by atoms with Gasteiger partial charge in [0.1, 0.15) is 5.82 Å². The Bertz CT molecular complexity index is 1320. The molecule has 0 N–H and O–H groups in total. The molecule has 0 saturated carbocycles. The van der Waals surface area contributed by atoms with E-state index in [2.05, 4.69) is 15.5 Å². The van der Waals surface area contributed by atoms with E-state index in [0.717, 1.165) is 67.7 Å². The van der Waals surface area contributed by atoms with Crippen LogP contribution in [0.3, 0.4) is 0 Å². The Morgan fingerprint density at radius 3 is 2.53 bits per heavy atom. The van der Waals surface area contributed by atoms with Crippen molar-refractivity contribution in [2.75, 3.05) is 26.2 Å². The molecular weight excluding hydrogens is 454 g/mol. The van der Waals surface area contributed by atoms with Crippen molar-refractivity contribution in [2.24, 2.45) is 18.9 Å². The predicted molar refractivity (Wildman–Crippen MR) is 139 cm³/mol. The third kappa shape index (κ3) is 4.68. The lowest BCUT2D eigenvalue weighted by atomic mass is 9.92. The summed E-state index contributed by atoms with van der Waals surface area (Å²) in [4.78, 5) is 46.1. The molecule has 1 aromatic carbocycles. The average Bonchev–Trinajstić information content (AvgIpc) is 3.25. The molecule has 3 aromatic rings. The largest absolute Gasteiger partial charge is 0.343 e. The van der Waals surface area contributed by atoms with Crippen molar-refractivity contribution in [1.29, 1.82) is 0 Å². The van der Waals surface area contributed by atoms with E-state index in [1.165, 1.54) is 0 Å². The number of amides is 2. The van der Waals surface area contributed by atoms with Crippen molar-refractivity contribution in [3.63, 3.8) is 0 Å². The van der Waals surface area contributed by atoms with Gasteiger partial charge in [-0.25, -0.2) is 4.98 Å². The van der Waals surface area contributed by atoms with Crippen LogP contribution in [0.4, 0.5) is 0 Å². The summed E-state index contributed by atoms with van der Waals surface area (Å²) in [5, 5.41) is 0. The van der Waals surface area contributed by atoms with Crippen LogP contribution in [0.1, 0.15) is 38.2 Å². The molecule has 0 bridgehead atoms. The lowest BCUT2D eigenvalue weighted by molar-refractivity contribution is -0.141. The van der Waals surface area contributed by atoms with E-state index in [-0.39, 0.29) is 23.3 Å². The van der Waals surface area contributed by atoms with Crippen LogP contribution in [0.5, 0.6) is 0 Å². The number of hydrogen-bond acceptors (Lipinski definition) is 4. The zero-order valence-corrected chi connectivity index (χ0v) is 21.4. The van der Waals surface area contributed by atoms with Gasteiger partial charge in [-0.2, -0.15) is 0 Å². The number of carbonyl (C=O) groups is 2. The molecule has 2 saturated heterocycles. The molecule has 2 aromatic heterocycles. The summed E-state index contributed by atoms with van der Waals surface area (Å²) < 4.78 is 3.88. The van der Waals surface area contributed by atoms with Gasteiger partial charge in [0.25, 0.3) is 5.56 Å². The standard InChI is InChI=1S/C28H35N5O3/c1-19-15-23(18-30(3)27(19)35)26-29-24-8-4-5-9-25(24)33(26)17-21-7-6-12-32(16-21)28(36)22-10-13-31(14-11-22)20(2)34/h4-5,8-9,15,18,21-22H,6-7,10-14,16-17H2,1-3H3/t21-/m1/s1. The first-order chi connectivity index (χ1) is 17.3. The van der Waals surface area contributed by atoms with Crippen LogP contribution >= 0.6 is 0 Å². The highest BCUT2D eigenvalue weighted by atomic mass is 16.2. The number of nitrogens with zero attached hydrogens (tertiary/aromatic N) is 5. The number of rotatable bonds is 4. The molecule has 1 atom stereocenters. The number of fused-ring (bicyclic) bond motifs is 1. The highest BCUT2D eigenvalue weighted by Crippen LogP contribution is 2.29. The minimum absolute atomic E-state index is 0.00279. The molecule has 36 heavy (non-hydrogen) atoms. The molecule has 4 heterocycles. The zero-order chi connectivity index (χ0) is 25.4. The predicted octanol–water partition coefficient (Wildman–Crippen LogP) is 3.21. The van der Waals surface area contributed by atoms with Gasteiger partial charge < -0.3 is 18.9 Å². The maximum atomic E-state index is 13.4. The Balaban J connectivity index is 1.37. The van der Waals surface area contributed by atoms with Crippen molar-refractivity contribution >= 4 is 22.8 Å². The molecule has 0 aliphatic carbocycles. The molecule has 2 amide bonds. The van der Waals surface area contributed by atoms with Crippen LogP contribution in [0.2, 0.25) is 0 Å². The molecular formula is C28H35N5O3. The van der Waals surface area contributed by atoms with Crippen LogP contribution in [-0.2, 0) is 23.2 Å². The second-order valence-electron chi connectivity index (χ2n) is 10.4. The number of piperidine rings is 2. The fourth-order valence-corrected chi connectivity index (χ4v) is 5.85. The van der Waals surface area contributed by atoms with E-state index in [1.54, 1.807) is 18.5 Å². The summed E-state index contributed by atoms with van der Waals surface area (Å²) in [6, 6.07) is 10.1. The van der Waals surface area contributed by atoms with Gasteiger partial charge in [0.05, 0.1) is 11.0 Å². The first-order valence-electron chi connectivity index (χ1n) is 13.0. The number of para-hydroxylation sites is 2. The normalized spacial score (nSPS) is 19.1. The van der Waals surface area contributed by atoms with E-state index in [1.807, 2.05) is 42.3 Å². The Kier molecular flexibility index (Phi) is 6.69. The Hall–Kier alpha value is -3.42. The lowest BCUT2D eigenvalue weighted by Crippen LogP contribution is -2.47. The molecule has 2 fully saturated rings. The summed E-state index contributed by atoms with van der Waals surface area (Å²) in [6.07, 6.45) is 5.41. The number of hydrogen-bond donors (Lipinski definition) is 0. The fourth-order valence-electron chi connectivity index (χ4n) is 5.85. The molecule has 2 aliphatic rings. The van der Waals surface area contributed by atoms with Gasteiger partial charge in [-0.3, -0.25) is 14.4 Å². The van der Waals surface area contributed by atoms with E-state index >= 15 is 0 Å². The summed E-state index contributed by atoms with van der Waals surface area (Å²) in [7, 11) is 1.78. The molecule has 8 nitrogen and oxygen atoms in total. The molecule has 0 unspecified atom stereocenters. The second-order valence-corrected chi connectivity index (χ2v) is 10.4. The quantitative estimate of drug-likeness (QED) is 0.564. The van der Waals surface area contributed by atoms with Gasteiger partial charge >= 0.3 is 0 Å². The van der Waals surface area contributed by atoms with Gasteiger partial charge in [0.15, 0.2) is 0 Å². The number of pyridine rings is 1. The molecule has 190 valence electrons. The first kappa shape index (κ1) is 24.3. The highest BCUT2D eigenvalue weighted by molar-refractivity contribution is 5.81. The number of carbonyl (C=O) groups excluding carboxylic acids is 2. The number of likely N-dealkylation sites (tertiary alicyclic amines) is 2. The molecule has 5 rings (SSSR count). The fraction of sp³-hybridized carbons (Fsp3) is 0.500. The van der Waals surface area contributed by atoms with Gasteiger partial charge in [-0.15, -0.1) is 0 Å². The monoisotopic (exact) mass is 489 g/mol. The number of aromatic nitrogens is 3. The Morgan fingerprint density at radius 2 is 1.81 bits per heavy atom. The molecule has 0 spiro atoms. The molecule has 2 aliphatic heterocycles. The van der Waals surface area contributed by atoms with Gasteiger partial charge in [0.2, 0.25) is 11.8 Å². The van der Waals surface area contributed by atoms with Crippen LogP contribution in [-0.4, -0.2) is 61.9 Å². The third-order valence-electron chi connectivity index (χ3n) is 7.84. The number of aryl methyl sites for hydroxylation is 2. The van der Waals surface area contributed by atoms with Crippen molar-refractivity contribution in [1.82, 2.24) is 23.9 Å². The van der Waals surface area contributed by atoms with Gasteiger partial charge in [-0.1, -0.05) is 12.1 Å². The first-order valence-corrected chi connectivity index (χ1v) is 13.0. The van der Waals surface area contributed by atoms with Gasteiger partial charge in [0, 0.05) is 69.9 Å². The number of benzene rings is 1. The van der Waals surface area contributed by atoms with E-state index in [4.69, 9.17) is 4.98 Å². The Labute approximate surface area is 211 Å². The maximum absolute atomic E-state index is 13.4. The molecule has 8 heteroatoms. The van der Waals surface area contributed by atoms with Crippen molar-refractivity contribution in [2.45, 2.75) is 46.1 Å². The van der Waals surface area contributed by atoms with Crippen molar-refractivity contribution < 1.29 is 9.59 Å². The minimum atomic E-state index is -0.00279. The smallest absolute Gasteiger partial charge is 0.253 e. The average molecular weight is 490 g/mol. The highest BCUT2D eigenvalue weighted by Gasteiger charge is 2.32. The van der Waals surface area contributed by atoms with Crippen LogP contribution < -0.4 is 5.56 Å². The summed E-state index contributed by atoms with van der Waals surface area (Å²) in [6.45, 7) is 7.10. The number of imidazole rings is 1. The Morgan fingerprint density at radius 1 is 1.06 bits per heavy atom. The maximum Gasteiger partial charge on any atom is 0.253 e. The molecule has 0 radical (unpaired) electrons. The van der Waals surface area contributed by atoms with Crippen LogP contribution in [0, 0.1) is 18.8 Å². The summed E-state index contributed by atoms with van der Waals surface area (Å²) in [5.41, 5.74) is 3.61. The van der Waals surface area contributed by atoms with E-state index < -0.39 is 0 Å². The topological polar surface area (TPSA) is 80.4 Å². The van der Waals surface area contributed by atoms with Crippen molar-refractivity contribution in [3.8, 4) is 11.4 Å². The third-order valence-corrected chi connectivity index (χ3v) is 7.84. The van der Waals surface area contributed by atoms with Crippen molar-refractivity contribution in [3.05, 3.63) is 52.4 Å². The summed E-state index contributed by atoms with van der Waals surface area (Å²) in [5.74, 6) is 1.53. The summed E-state index contributed by atoms with van der Waals surface area (Å²) >= 11 is 0. The van der Waals surface area contributed by atoms with E-state index in [0.29, 0.717) is 24.6 Å². The van der Waals surface area contributed by atoms with E-state index in [9.17, 15) is 14.4 Å². The van der Waals surface area contributed by atoms with Crippen LogP contribution in [0.25, 0.3) is 22.4 Å². The minimum Gasteiger partial charge on any atom is -0.343 e. The van der Waals surface area contributed by atoms with Crippen LogP contribution in [0.15, 0.2) is 41.3 Å². The lowest BCUT2D eigenvalue weighted by Gasteiger charge is -2.38. The van der Waals surface area contributed by atoms with Gasteiger partial charge in [-0.05, 0) is 56.7 Å². The zero-order valence-electron chi connectivity index (χ0n) is 21.4. The second kappa shape index (κ2) is 9.91.